The van der Waals surface area contributed by atoms with Crippen molar-refractivity contribution in [3.8, 4) is 0 Å². The first-order valence-electron chi connectivity index (χ1n) is 11.2. The number of nitrogens with one attached hydrogen (secondary N) is 1. The molecule has 4 nitrogen and oxygen atoms in total. The summed E-state index contributed by atoms with van der Waals surface area (Å²) in [5, 5.41) is 2.76. The lowest BCUT2D eigenvalue weighted by Crippen LogP contribution is -2.41. The maximum atomic E-state index is 13.4. The van der Waals surface area contributed by atoms with E-state index in [1.807, 2.05) is 0 Å². The number of alkyl halides is 9. The van der Waals surface area contributed by atoms with Crippen LogP contribution in [0.2, 0.25) is 0 Å². The van der Waals surface area contributed by atoms with Gasteiger partial charge in [0.05, 0.1) is 29.0 Å². The summed E-state index contributed by atoms with van der Waals surface area (Å²) in [5.41, 5.74) is -3.84. The van der Waals surface area contributed by atoms with Crippen molar-refractivity contribution in [2.75, 3.05) is 18.1 Å². The van der Waals surface area contributed by atoms with E-state index in [0.717, 1.165) is 18.2 Å². The van der Waals surface area contributed by atoms with Crippen LogP contribution in [-0.2, 0) is 29.8 Å². The molecule has 13 heteroatoms. The lowest BCUT2D eigenvalue weighted by Gasteiger charge is -2.27. The molecule has 204 valence electrons. The van der Waals surface area contributed by atoms with E-state index >= 15 is 0 Å². The van der Waals surface area contributed by atoms with Crippen LogP contribution in [0.25, 0.3) is 0 Å². The number of nitrogens with zero attached hydrogens (tertiary/aromatic N) is 1. The molecule has 1 aliphatic rings. The lowest BCUT2D eigenvalue weighted by molar-refractivity contribution is -0.143. The zero-order chi connectivity index (χ0) is 27.8. The Hall–Kier alpha value is -2.96. The van der Waals surface area contributed by atoms with Crippen LogP contribution in [0.3, 0.4) is 0 Å². The second-order valence-corrected chi connectivity index (χ2v) is 8.47. The van der Waals surface area contributed by atoms with Crippen LogP contribution < -0.4 is 10.2 Å². The minimum absolute atomic E-state index is 0.0136. The molecule has 2 aromatic carbocycles. The van der Waals surface area contributed by atoms with E-state index in [1.165, 1.54) is 4.90 Å². The van der Waals surface area contributed by atoms with Crippen molar-refractivity contribution >= 4 is 11.8 Å². The zero-order valence-electron chi connectivity index (χ0n) is 19.6. The number of halogens is 9. The smallest absolute Gasteiger partial charge is 0.416 e. The number of fused-ring (bicyclic) bond motifs is 1. The third kappa shape index (κ3) is 6.31. The van der Waals surface area contributed by atoms with Crippen molar-refractivity contribution in [1.82, 2.24) is 5.32 Å². The number of amides is 1. The van der Waals surface area contributed by atoms with E-state index in [-0.39, 0.29) is 36.0 Å². The van der Waals surface area contributed by atoms with E-state index in [9.17, 15) is 44.3 Å². The molecule has 0 fully saturated rings. The van der Waals surface area contributed by atoms with Gasteiger partial charge in [0.2, 0.25) is 0 Å². The van der Waals surface area contributed by atoms with Gasteiger partial charge < -0.3 is 10.1 Å². The average molecular weight is 542 g/mol. The van der Waals surface area contributed by atoms with E-state index < -0.39 is 59.8 Å². The first-order valence-corrected chi connectivity index (χ1v) is 11.2. The average Bonchev–Trinajstić information content (AvgIpc) is 3.10. The number of rotatable bonds is 6. The fraction of sp³-hybridized carbons (Fsp3) is 0.458. The number of hydrogen-bond acceptors (Lipinski definition) is 3. The summed E-state index contributed by atoms with van der Waals surface area (Å²) < 4.78 is 124. The highest BCUT2D eigenvalue weighted by molar-refractivity contribution is 5.92. The quantitative estimate of drug-likeness (QED) is 0.388. The third-order valence-electron chi connectivity index (χ3n) is 6.03. The Balaban J connectivity index is 1.92. The van der Waals surface area contributed by atoms with E-state index in [0.29, 0.717) is 18.6 Å². The van der Waals surface area contributed by atoms with Gasteiger partial charge in [0.15, 0.2) is 0 Å². The molecule has 37 heavy (non-hydrogen) atoms. The standard InChI is InChI=1S/C24H23F9N2O2/c1-3-19-18(12-34-11-13-7-15(23(28,29)30)9-16(8-13)24(31,32)33)17-10-14(22(25,26)27)5-6-20(17)35(19)21(36)37-4-2/h5-10,18-19,34H,3-4,11-12H2,1-2H3. The molecule has 0 saturated heterocycles. The highest BCUT2D eigenvalue weighted by atomic mass is 19.4. The Morgan fingerprint density at radius 3 is 1.92 bits per heavy atom. The number of ether oxygens (including phenoxy) is 1. The predicted octanol–water partition coefficient (Wildman–Crippen LogP) is 7.37. The largest absolute Gasteiger partial charge is 0.449 e. The maximum absolute atomic E-state index is 13.4. The third-order valence-corrected chi connectivity index (χ3v) is 6.03. The molecule has 0 spiro atoms. The summed E-state index contributed by atoms with van der Waals surface area (Å²) in [4.78, 5) is 13.8. The van der Waals surface area contributed by atoms with Crippen molar-refractivity contribution < 1.29 is 49.0 Å². The predicted molar refractivity (Wildman–Crippen MR) is 116 cm³/mol. The molecule has 2 atom stereocenters. The fourth-order valence-electron chi connectivity index (χ4n) is 4.45. The molecule has 2 aromatic rings. The molecule has 1 N–H and O–H groups in total. The second kappa shape index (κ2) is 10.4. The summed E-state index contributed by atoms with van der Waals surface area (Å²) in [6.45, 7) is 2.73. The van der Waals surface area contributed by atoms with Gasteiger partial charge in [-0.1, -0.05) is 6.92 Å². The minimum Gasteiger partial charge on any atom is -0.449 e. The Labute approximate surface area is 206 Å². The molecule has 0 aromatic heterocycles. The fourth-order valence-corrected chi connectivity index (χ4v) is 4.45. The number of carbonyl (C=O) groups excluding carboxylic acids is 1. The molecule has 1 heterocycles. The minimum atomic E-state index is -5.01. The summed E-state index contributed by atoms with van der Waals surface area (Å²) in [5.74, 6) is -0.736. The van der Waals surface area contributed by atoms with E-state index in [1.54, 1.807) is 13.8 Å². The zero-order valence-corrected chi connectivity index (χ0v) is 19.6. The number of anilines is 1. The Morgan fingerprint density at radius 1 is 0.865 bits per heavy atom. The van der Waals surface area contributed by atoms with Crippen LogP contribution in [-0.4, -0.2) is 25.3 Å². The van der Waals surface area contributed by atoms with Crippen LogP contribution in [0.1, 0.15) is 54.0 Å². The van der Waals surface area contributed by atoms with Crippen molar-refractivity contribution in [3.63, 3.8) is 0 Å². The molecule has 3 rings (SSSR count). The number of carbonyl (C=O) groups is 1. The highest BCUT2D eigenvalue weighted by Gasteiger charge is 2.43. The topological polar surface area (TPSA) is 41.6 Å². The van der Waals surface area contributed by atoms with E-state index in [4.69, 9.17) is 4.74 Å². The normalized spacial score (nSPS) is 18.2. The summed E-state index contributed by atoms with van der Waals surface area (Å²) in [7, 11) is 0. The van der Waals surface area contributed by atoms with Crippen molar-refractivity contribution in [3.05, 3.63) is 64.2 Å². The summed E-state index contributed by atoms with van der Waals surface area (Å²) in [6.07, 6.45) is -15.2. The van der Waals surface area contributed by atoms with Gasteiger partial charge in [0.25, 0.3) is 0 Å². The first-order chi connectivity index (χ1) is 17.1. The molecule has 1 amide bonds. The molecule has 0 radical (unpaired) electrons. The van der Waals surface area contributed by atoms with Gasteiger partial charge in [0.1, 0.15) is 0 Å². The number of benzene rings is 2. The van der Waals surface area contributed by atoms with Gasteiger partial charge in [-0.3, -0.25) is 4.90 Å². The van der Waals surface area contributed by atoms with Gasteiger partial charge in [-0.2, -0.15) is 39.5 Å². The lowest BCUT2D eigenvalue weighted by atomic mass is 9.92. The maximum Gasteiger partial charge on any atom is 0.416 e. The van der Waals surface area contributed by atoms with Crippen molar-refractivity contribution in [2.45, 2.75) is 57.3 Å². The Bertz CT molecular complexity index is 1090. The van der Waals surface area contributed by atoms with Crippen molar-refractivity contribution in [1.29, 1.82) is 0 Å². The van der Waals surface area contributed by atoms with Gasteiger partial charge in [-0.15, -0.1) is 0 Å². The van der Waals surface area contributed by atoms with Gasteiger partial charge in [-0.05, 0) is 60.9 Å². The molecular formula is C24H23F9N2O2. The molecule has 0 bridgehead atoms. The monoisotopic (exact) mass is 542 g/mol. The van der Waals surface area contributed by atoms with Crippen molar-refractivity contribution in [2.24, 2.45) is 0 Å². The first kappa shape index (κ1) is 28.6. The van der Waals surface area contributed by atoms with Gasteiger partial charge in [-0.25, -0.2) is 4.79 Å². The van der Waals surface area contributed by atoms with E-state index in [2.05, 4.69) is 5.32 Å². The molecular weight excluding hydrogens is 519 g/mol. The molecule has 2 unspecified atom stereocenters. The van der Waals surface area contributed by atoms with Crippen LogP contribution in [0.15, 0.2) is 36.4 Å². The molecule has 0 aliphatic carbocycles. The van der Waals surface area contributed by atoms with Crippen LogP contribution in [0, 0.1) is 0 Å². The number of hydrogen-bond donors (Lipinski definition) is 1. The van der Waals surface area contributed by atoms with Gasteiger partial charge in [0, 0.05) is 25.0 Å². The molecule has 1 aliphatic heterocycles. The summed E-state index contributed by atoms with van der Waals surface area (Å²) >= 11 is 0. The second-order valence-electron chi connectivity index (χ2n) is 8.47. The Kier molecular flexibility index (Phi) is 8.06. The van der Waals surface area contributed by atoms with Crippen LogP contribution in [0.4, 0.5) is 50.0 Å². The SMILES string of the molecule is CCOC(=O)N1c2ccc(C(F)(F)F)cc2C(CNCc2cc(C(F)(F)F)cc(C(F)(F)F)c2)C1CC. The highest BCUT2D eigenvalue weighted by Crippen LogP contribution is 2.45. The Morgan fingerprint density at radius 2 is 1.43 bits per heavy atom. The van der Waals surface area contributed by atoms with Gasteiger partial charge >= 0.3 is 24.6 Å². The van der Waals surface area contributed by atoms with Crippen LogP contribution >= 0.6 is 0 Å². The molecule has 0 saturated carbocycles. The van der Waals surface area contributed by atoms with Crippen LogP contribution in [0.5, 0.6) is 0 Å². The summed E-state index contributed by atoms with van der Waals surface area (Å²) in [6, 6.07) is 3.39.